The Morgan fingerprint density at radius 2 is 1.90 bits per heavy atom. The first kappa shape index (κ1) is 13.7. The van der Waals surface area contributed by atoms with Gasteiger partial charge in [0.1, 0.15) is 0 Å². The molecule has 0 fully saturated rings. The lowest BCUT2D eigenvalue weighted by Gasteiger charge is -2.12. The van der Waals surface area contributed by atoms with Gasteiger partial charge in [-0.1, -0.05) is 6.07 Å². The maximum Gasteiger partial charge on any atom is 0.231 e. The van der Waals surface area contributed by atoms with Crippen LogP contribution in [0.1, 0.15) is 5.56 Å². The summed E-state index contributed by atoms with van der Waals surface area (Å²) in [6.45, 7) is 0.379. The Hall–Kier alpha value is -2.77. The van der Waals surface area contributed by atoms with Crippen molar-refractivity contribution in [2.24, 2.45) is 0 Å². The summed E-state index contributed by atoms with van der Waals surface area (Å²) in [6.07, 6.45) is 0. The maximum absolute atomic E-state index is 9.41. The molecule has 1 aromatic carbocycles. The van der Waals surface area contributed by atoms with Crippen LogP contribution < -0.4 is 16.0 Å². The van der Waals surface area contributed by atoms with E-state index in [1.807, 2.05) is 0 Å². The molecule has 0 aliphatic carbocycles. The lowest BCUT2D eigenvalue weighted by molar-refractivity contribution is 0.403. The zero-order valence-corrected chi connectivity index (χ0v) is 11.2. The van der Waals surface area contributed by atoms with Crippen molar-refractivity contribution in [3.63, 3.8) is 0 Å². The fraction of sp³-hybridized carbons (Fsp3) is 0.250. The normalized spacial score (nSPS) is 10.3. The molecule has 0 aliphatic rings. The van der Waals surface area contributed by atoms with Gasteiger partial charge in [0.25, 0.3) is 0 Å². The molecule has 0 radical (unpaired) electrons. The highest BCUT2D eigenvalue weighted by atomic mass is 16.3. The van der Waals surface area contributed by atoms with Gasteiger partial charge in [-0.2, -0.15) is 15.0 Å². The summed E-state index contributed by atoms with van der Waals surface area (Å²) in [5.41, 5.74) is 6.38. The molecule has 0 aliphatic heterocycles. The fourth-order valence-electron chi connectivity index (χ4n) is 1.52. The summed E-state index contributed by atoms with van der Waals surface area (Å²) < 4.78 is 0. The number of nitrogens with two attached hydrogens (primary N) is 1. The molecule has 0 atom stereocenters. The Kier molecular flexibility index (Phi) is 3.74. The van der Waals surface area contributed by atoms with Gasteiger partial charge in [0, 0.05) is 20.6 Å². The number of nitrogens with zero attached hydrogens (tertiary/aromatic N) is 4. The highest BCUT2D eigenvalue weighted by Crippen LogP contribution is 2.25. The molecule has 1 aromatic heterocycles. The minimum atomic E-state index is -0.173. The van der Waals surface area contributed by atoms with Gasteiger partial charge in [0.15, 0.2) is 11.5 Å². The highest BCUT2D eigenvalue weighted by Gasteiger charge is 2.06. The quantitative estimate of drug-likeness (QED) is 0.597. The average molecular weight is 276 g/mol. The van der Waals surface area contributed by atoms with Crippen molar-refractivity contribution in [3.8, 4) is 11.5 Å². The van der Waals surface area contributed by atoms with Gasteiger partial charge < -0.3 is 26.2 Å². The first-order chi connectivity index (χ1) is 9.45. The van der Waals surface area contributed by atoms with E-state index < -0.39 is 0 Å². The Morgan fingerprint density at radius 1 is 1.15 bits per heavy atom. The van der Waals surface area contributed by atoms with E-state index in [2.05, 4.69) is 20.3 Å². The van der Waals surface area contributed by atoms with E-state index in [1.54, 1.807) is 25.1 Å². The highest BCUT2D eigenvalue weighted by molar-refractivity contribution is 5.43. The van der Waals surface area contributed by atoms with Gasteiger partial charge in [-0.05, 0) is 17.7 Å². The predicted molar refractivity (Wildman–Crippen MR) is 75.7 cm³/mol. The van der Waals surface area contributed by atoms with Crippen LogP contribution >= 0.6 is 0 Å². The summed E-state index contributed by atoms with van der Waals surface area (Å²) in [7, 11) is 3.60. The molecule has 1 heterocycles. The van der Waals surface area contributed by atoms with Crippen molar-refractivity contribution in [1.82, 2.24) is 15.0 Å². The lowest BCUT2D eigenvalue weighted by Crippen LogP contribution is -2.16. The molecule has 0 unspecified atom stereocenters. The van der Waals surface area contributed by atoms with Crippen molar-refractivity contribution in [3.05, 3.63) is 23.8 Å². The van der Waals surface area contributed by atoms with E-state index in [4.69, 9.17) is 5.73 Å². The summed E-state index contributed by atoms with van der Waals surface area (Å²) in [5.74, 6) is 0.587. The van der Waals surface area contributed by atoms with Crippen molar-refractivity contribution in [2.75, 3.05) is 30.0 Å². The standard InChI is InChI=1S/C12H16N6O2/c1-18(2)12-16-10(13)15-11(17-12)14-6-7-3-4-8(19)9(20)5-7/h3-5,19-20H,6H2,1-2H3,(H3,13,14,15,16,17). The molecule has 106 valence electrons. The fourth-order valence-corrected chi connectivity index (χ4v) is 1.52. The second-order valence-corrected chi connectivity index (χ2v) is 4.39. The largest absolute Gasteiger partial charge is 0.504 e. The van der Waals surface area contributed by atoms with Crippen LogP contribution in [-0.2, 0) is 6.54 Å². The molecule has 0 bridgehead atoms. The van der Waals surface area contributed by atoms with Crippen LogP contribution in [0.5, 0.6) is 11.5 Å². The monoisotopic (exact) mass is 276 g/mol. The number of hydrogen-bond acceptors (Lipinski definition) is 8. The summed E-state index contributed by atoms with van der Waals surface area (Å²) in [4.78, 5) is 13.9. The number of benzene rings is 1. The van der Waals surface area contributed by atoms with Crippen molar-refractivity contribution >= 4 is 17.8 Å². The summed E-state index contributed by atoms with van der Waals surface area (Å²) >= 11 is 0. The third-order valence-corrected chi connectivity index (χ3v) is 2.53. The molecule has 0 spiro atoms. The first-order valence-electron chi connectivity index (χ1n) is 5.89. The third kappa shape index (κ3) is 3.16. The van der Waals surface area contributed by atoms with E-state index in [0.717, 1.165) is 5.56 Å². The molecular weight excluding hydrogens is 260 g/mol. The number of aromatic hydroxyl groups is 2. The molecule has 8 nitrogen and oxygen atoms in total. The van der Waals surface area contributed by atoms with Crippen LogP contribution in [-0.4, -0.2) is 39.3 Å². The van der Waals surface area contributed by atoms with Crippen LogP contribution in [0.25, 0.3) is 0 Å². The molecule has 5 N–H and O–H groups in total. The Bertz CT molecular complexity index is 617. The number of rotatable bonds is 4. The second kappa shape index (κ2) is 5.47. The average Bonchev–Trinajstić information content (AvgIpc) is 2.39. The SMILES string of the molecule is CN(C)c1nc(N)nc(NCc2ccc(O)c(O)c2)n1. The molecule has 2 aromatic rings. The molecule has 2 rings (SSSR count). The van der Waals surface area contributed by atoms with Crippen LogP contribution in [0.15, 0.2) is 18.2 Å². The van der Waals surface area contributed by atoms with E-state index in [1.165, 1.54) is 12.1 Å². The predicted octanol–water partition coefficient (Wildman–Crippen LogP) is 0.543. The van der Waals surface area contributed by atoms with Gasteiger partial charge in [-0.25, -0.2) is 0 Å². The number of phenolic OH excluding ortho intramolecular Hbond substituents is 2. The number of nitrogen functional groups attached to an aromatic ring is 1. The number of nitrogens with one attached hydrogen (secondary N) is 1. The Labute approximate surface area is 115 Å². The maximum atomic E-state index is 9.41. The van der Waals surface area contributed by atoms with E-state index in [9.17, 15) is 10.2 Å². The number of anilines is 3. The lowest BCUT2D eigenvalue weighted by atomic mass is 10.2. The summed E-state index contributed by atoms with van der Waals surface area (Å²) in [5, 5.41) is 21.6. The van der Waals surface area contributed by atoms with Crippen molar-refractivity contribution in [2.45, 2.75) is 6.54 Å². The first-order valence-corrected chi connectivity index (χ1v) is 5.89. The molecular formula is C12H16N6O2. The van der Waals surface area contributed by atoms with Crippen LogP contribution in [0, 0.1) is 0 Å². The van der Waals surface area contributed by atoms with Gasteiger partial charge >= 0.3 is 0 Å². The zero-order valence-electron chi connectivity index (χ0n) is 11.2. The molecule has 8 heteroatoms. The number of phenols is 2. The second-order valence-electron chi connectivity index (χ2n) is 4.39. The molecule has 0 saturated heterocycles. The smallest absolute Gasteiger partial charge is 0.231 e. The Morgan fingerprint density at radius 3 is 2.55 bits per heavy atom. The van der Waals surface area contributed by atoms with Gasteiger partial charge in [-0.15, -0.1) is 0 Å². The van der Waals surface area contributed by atoms with Gasteiger partial charge in [-0.3, -0.25) is 0 Å². The topological polar surface area (TPSA) is 120 Å². The van der Waals surface area contributed by atoms with Gasteiger partial charge in [0.05, 0.1) is 0 Å². The van der Waals surface area contributed by atoms with Crippen molar-refractivity contribution in [1.29, 1.82) is 0 Å². The third-order valence-electron chi connectivity index (χ3n) is 2.53. The summed E-state index contributed by atoms with van der Waals surface area (Å²) in [6, 6.07) is 4.55. The van der Waals surface area contributed by atoms with Crippen LogP contribution in [0.3, 0.4) is 0 Å². The van der Waals surface area contributed by atoms with E-state index in [-0.39, 0.29) is 17.4 Å². The minimum absolute atomic E-state index is 0.125. The van der Waals surface area contributed by atoms with Crippen molar-refractivity contribution < 1.29 is 10.2 Å². The van der Waals surface area contributed by atoms with Gasteiger partial charge in [0.2, 0.25) is 17.8 Å². The molecule has 20 heavy (non-hydrogen) atoms. The Balaban J connectivity index is 2.12. The van der Waals surface area contributed by atoms with Crippen LogP contribution in [0.4, 0.5) is 17.8 Å². The zero-order chi connectivity index (χ0) is 14.7. The van der Waals surface area contributed by atoms with Crippen LogP contribution in [0.2, 0.25) is 0 Å². The molecule has 0 saturated carbocycles. The molecule has 0 amide bonds. The van der Waals surface area contributed by atoms with E-state index in [0.29, 0.717) is 18.4 Å². The number of hydrogen-bond donors (Lipinski definition) is 4. The van der Waals surface area contributed by atoms with E-state index >= 15 is 0 Å². The minimum Gasteiger partial charge on any atom is -0.504 e. The number of aromatic nitrogens is 3.